The molecule has 7 nitrogen and oxygen atoms in total. The van der Waals surface area contributed by atoms with E-state index in [1.807, 2.05) is 0 Å². The van der Waals surface area contributed by atoms with Gasteiger partial charge in [0.25, 0.3) is 5.56 Å². The third-order valence-corrected chi connectivity index (χ3v) is 3.41. The number of likely N-dealkylation sites (tertiary alicyclic amines) is 1. The smallest absolute Gasteiger partial charge is 0.329 e. The van der Waals surface area contributed by atoms with Crippen LogP contribution in [-0.4, -0.2) is 51.7 Å². The standard InChI is InChI=1S/C14H18N2O5/c1-14(21-8-13(19)20)9-16(10-14)12(18)5-7-15-6-3-2-4-11(15)17/h2-4,6H,5,7-10H2,1H3,(H,19,20). The minimum Gasteiger partial charge on any atom is -0.480 e. The fraction of sp³-hybridized carbons (Fsp3) is 0.500. The molecular weight excluding hydrogens is 276 g/mol. The Morgan fingerprint density at radius 3 is 2.71 bits per heavy atom. The van der Waals surface area contributed by atoms with E-state index in [0.29, 0.717) is 19.6 Å². The number of hydrogen-bond donors (Lipinski definition) is 1. The molecule has 0 spiro atoms. The van der Waals surface area contributed by atoms with Gasteiger partial charge < -0.3 is 19.3 Å². The Balaban J connectivity index is 1.78. The molecule has 0 atom stereocenters. The Bertz CT molecular complexity index is 589. The van der Waals surface area contributed by atoms with Crippen LogP contribution < -0.4 is 5.56 Å². The monoisotopic (exact) mass is 294 g/mol. The van der Waals surface area contributed by atoms with Gasteiger partial charge in [-0.15, -0.1) is 0 Å². The second-order valence-corrected chi connectivity index (χ2v) is 5.36. The normalized spacial score (nSPS) is 16.3. The maximum absolute atomic E-state index is 12.0. The SMILES string of the molecule is CC1(OCC(=O)O)CN(C(=O)CCn2ccccc2=O)C1. The van der Waals surface area contributed by atoms with Gasteiger partial charge in [0.1, 0.15) is 12.2 Å². The number of aromatic nitrogens is 1. The number of carbonyl (C=O) groups is 2. The topological polar surface area (TPSA) is 88.8 Å². The van der Waals surface area contributed by atoms with Crippen LogP contribution >= 0.6 is 0 Å². The number of carboxylic acid groups (broad SMARTS) is 1. The second-order valence-electron chi connectivity index (χ2n) is 5.36. The first-order valence-electron chi connectivity index (χ1n) is 6.69. The predicted octanol–water partition coefficient (Wildman–Crippen LogP) is -0.0595. The van der Waals surface area contributed by atoms with Crippen molar-refractivity contribution in [3.63, 3.8) is 0 Å². The molecule has 0 aliphatic carbocycles. The van der Waals surface area contributed by atoms with Crippen LogP contribution in [0.2, 0.25) is 0 Å². The number of aliphatic carboxylic acids is 1. The molecule has 1 aliphatic rings. The first kappa shape index (κ1) is 15.2. The van der Waals surface area contributed by atoms with Gasteiger partial charge in [-0.3, -0.25) is 9.59 Å². The van der Waals surface area contributed by atoms with E-state index in [1.165, 1.54) is 10.6 Å². The van der Waals surface area contributed by atoms with E-state index in [4.69, 9.17) is 9.84 Å². The molecule has 0 aromatic carbocycles. The summed E-state index contributed by atoms with van der Waals surface area (Å²) < 4.78 is 6.72. The molecule has 0 unspecified atom stereocenters. The average molecular weight is 294 g/mol. The van der Waals surface area contributed by atoms with Gasteiger partial charge in [-0.05, 0) is 13.0 Å². The molecule has 1 aromatic rings. The largest absolute Gasteiger partial charge is 0.480 e. The molecule has 0 radical (unpaired) electrons. The highest BCUT2D eigenvalue weighted by Gasteiger charge is 2.42. The zero-order chi connectivity index (χ0) is 15.5. The molecule has 1 fully saturated rings. The van der Waals surface area contributed by atoms with E-state index in [-0.39, 0.29) is 24.5 Å². The third-order valence-electron chi connectivity index (χ3n) is 3.41. The van der Waals surface area contributed by atoms with Gasteiger partial charge >= 0.3 is 5.97 Å². The van der Waals surface area contributed by atoms with E-state index < -0.39 is 11.6 Å². The van der Waals surface area contributed by atoms with Crippen LogP contribution in [0.15, 0.2) is 29.2 Å². The summed E-state index contributed by atoms with van der Waals surface area (Å²) in [4.78, 5) is 35.5. The van der Waals surface area contributed by atoms with Gasteiger partial charge in [0.05, 0.1) is 13.1 Å². The predicted molar refractivity (Wildman–Crippen MR) is 73.9 cm³/mol. The minimum atomic E-state index is -1.02. The summed E-state index contributed by atoms with van der Waals surface area (Å²) in [6, 6.07) is 4.85. The van der Waals surface area contributed by atoms with Gasteiger partial charge in [0.15, 0.2) is 0 Å². The maximum Gasteiger partial charge on any atom is 0.329 e. The molecule has 1 aliphatic heterocycles. The molecule has 2 heterocycles. The molecule has 1 aromatic heterocycles. The van der Waals surface area contributed by atoms with E-state index in [1.54, 1.807) is 30.2 Å². The summed E-state index contributed by atoms with van der Waals surface area (Å²) in [5, 5.41) is 8.57. The lowest BCUT2D eigenvalue weighted by atomic mass is 9.96. The quantitative estimate of drug-likeness (QED) is 0.794. The van der Waals surface area contributed by atoms with Gasteiger partial charge in [-0.1, -0.05) is 6.07 Å². The van der Waals surface area contributed by atoms with E-state index in [9.17, 15) is 14.4 Å². The van der Waals surface area contributed by atoms with Crippen LogP contribution in [0.4, 0.5) is 0 Å². The fourth-order valence-electron chi connectivity index (χ4n) is 2.28. The van der Waals surface area contributed by atoms with Crippen LogP contribution in [-0.2, 0) is 20.9 Å². The van der Waals surface area contributed by atoms with Crippen molar-refractivity contribution in [2.24, 2.45) is 0 Å². The molecular formula is C14H18N2O5. The highest BCUT2D eigenvalue weighted by atomic mass is 16.5. The van der Waals surface area contributed by atoms with Crippen LogP contribution in [0.1, 0.15) is 13.3 Å². The van der Waals surface area contributed by atoms with Gasteiger partial charge in [-0.25, -0.2) is 4.79 Å². The summed E-state index contributed by atoms with van der Waals surface area (Å²) in [7, 11) is 0. The Morgan fingerprint density at radius 2 is 2.10 bits per heavy atom. The van der Waals surface area contributed by atoms with Crippen molar-refractivity contribution in [1.82, 2.24) is 9.47 Å². The lowest BCUT2D eigenvalue weighted by Crippen LogP contribution is -2.63. The lowest BCUT2D eigenvalue weighted by Gasteiger charge is -2.47. The van der Waals surface area contributed by atoms with E-state index in [0.717, 1.165) is 0 Å². The molecule has 0 saturated carbocycles. The van der Waals surface area contributed by atoms with Crippen LogP contribution in [0.25, 0.3) is 0 Å². The van der Waals surface area contributed by atoms with Crippen molar-refractivity contribution >= 4 is 11.9 Å². The Morgan fingerprint density at radius 1 is 1.38 bits per heavy atom. The number of ether oxygens (including phenoxy) is 1. The van der Waals surface area contributed by atoms with Crippen LogP contribution in [0.5, 0.6) is 0 Å². The number of amides is 1. The summed E-state index contributed by atoms with van der Waals surface area (Å²) in [5.74, 6) is -1.09. The first-order valence-corrected chi connectivity index (χ1v) is 6.69. The van der Waals surface area contributed by atoms with E-state index in [2.05, 4.69) is 0 Å². The number of carbonyl (C=O) groups excluding carboxylic acids is 1. The summed E-state index contributed by atoms with van der Waals surface area (Å²) >= 11 is 0. The first-order chi connectivity index (χ1) is 9.89. The highest BCUT2D eigenvalue weighted by Crippen LogP contribution is 2.25. The van der Waals surface area contributed by atoms with Crippen molar-refractivity contribution < 1.29 is 19.4 Å². The second kappa shape index (κ2) is 6.09. The Hall–Kier alpha value is -2.15. The van der Waals surface area contributed by atoms with Crippen molar-refractivity contribution in [3.05, 3.63) is 34.7 Å². The summed E-state index contributed by atoms with van der Waals surface area (Å²) in [6.45, 7) is 2.51. The van der Waals surface area contributed by atoms with Gasteiger partial charge in [-0.2, -0.15) is 0 Å². The van der Waals surface area contributed by atoms with E-state index >= 15 is 0 Å². The average Bonchev–Trinajstić information content (AvgIpc) is 2.41. The van der Waals surface area contributed by atoms with Crippen molar-refractivity contribution in [2.45, 2.75) is 25.5 Å². The molecule has 21 heavy (non-hydrogen) atoms. The number of aryl methyl sites for hydroxylation is 1. The highest BCUT2D eigenvalue weighted by molar-refractivity contribution is 5.77. The maximum atomic E-state index is 12.0. The fourth-order valence-corrected chi connectivity index (χ4v) is 2.28. The van der Waals surface area contributed by atoms with Crippen molar-refractivity contribution in [3.8, 4) is 0 Å². The Kier molecular flexibility index (Phi) is 4.42. The molecule has 0 bridgehead atoms. The van der Waals surface area contributed by atoms with Gasteiger partial charge in [0.2, 0.25) is 5.91 Å². The molecule has 1 saturated heterocycles. The summed E-state index contributed by atoms with van der Waals surface area (Å²) in [5.41, 5.74) is -0.721. The minimum absolute atomic E-state index is 0.0675. The molecule has 114 valence electrons. The van der Waals surface area contributed by atoms with Crippen LogP contribution in [0.3, 0.4) is 0 Å². The summed E-state index contributed by atoms with van der Waals surface area (Å²) in [6.07, 6.45) is 1.88. The van der Waals surface area contributed by atoms with Crippen LogP contribution in [0, 0.1) is 0 Å². The Labute approximate surface area is 121 Å². The molecule has 2 rings (SSSR count). The zero-order valence-corrected chi connectivity index (χ0v) is 11.8. The third kappa shape index (κ3) is 3.91. The molecule has 7 heteroatoms. The number of carboxylic acids is 1. The number of hydrogen-bond acceptors (Lipinski definition) is 4. The van der Waals surface area contributed by atoms with Crippen molar-refractivity contribution in [2.75, 3.05) is 19.7 Å². The van der Waals surface area contributed by atoms with Gasteiger partial charge in [0, 0.05) is 25.2 Å². The zero-order valence-electron chi connectivity index (χ0n) is 11.8. The lowest BCUT2D eigenvalue weighted by molar-refractivity contribution is -0.173. The van der Waals surface area contributed by atoms with Crippen molar-refractivity contribution in [1.29, 1.82) is 0 Å². The molecule has 1 amide bonds. The number of pyridine rings is 1. The number of nitrogens with zero attached hydrogens (tertiary/aromatic N) is 2. The molecule has 1 N–H and O–H groups in total. The number of rotatable bonds is 6.